The molecule has 0 saturated carbocycles. The monoisotopic (exact) mass is 518 g/mol. The molecule has 2 aromatic carbocycles. The number of anilines is 1. The molecule has 10 heteroatoms. The quantitative estimate of drug-likeness (QED) is 0.298. The van der Waals surface area contributed by atoms with Gasteiger partial charge in [0.1, 0.15) is 5.76 Å². The number of hydrogen-bond acceptors (Lipinski definition) is 7. The van der Waals surface area contributed by atoms with Crippen LogP contribution in [0, 0.1) is 0 Å². The minimum atomic E-state index is -0.361. The second-order valence-corrected chi connectivity index (χ2v) is 10.1. The van der Waals surface area contributed by atoms with Crippen LogP contribution in [0.25, 0.3) is 6.08 Å². The Kier molecular flexibility index (Phi) is 7.24. The zero-order valence-corrected chi connectivity index (χ0v) is 20.7. The highest BCUT2D eigenvalue weighted by Gasteiger charge is 2.34. The third kappa shape index (κ3) is 5.72. The molecule has 0 spiro atoms. The SMILES string of the molecule is O=C(NCCCN1C(=O)S/C(=C\c2ccc(SC3=Nc4ccccc4C3)o2)C1=O)Nc1ccccc1. The van der Waals surface area contributed by atoms with Crippen LogP contribution in [-0.4, -0.2) is 40.2 Å². The third-order valence-electron chi connectivity index (χ3n) is 5.42. The Hall–Kier alpha value is -3.76. The molecule has 36 heavy (non-hydrogen) atoms. The molecule has 0 aliphatic carbocycles. The van der Waals surface area contributed by atoms with Gasteiger partial charge >= 0.3 is 6.03 Å². The lowest BCUT2D eigenvalue weighted by atomic mass is 10.2. The summed E-state index contributed by atoms with van der Waals surface area (Å²) in [6.45, 7) is 0.541. The highest BCUT2D eigenvalue weighted by atomic mass is 32.2. The molecule has 1 fully saturated rings. The van der Waals surface area contributed by atoms with Gasteiger partial charge in [0.2, 0.25) is 0 Å². The Labute approximate surface area is 216 Å². The number of rotatable bonds is 7. The Morgan fingerprint density at radius 2 is 1.89 bits per heavy atom. The second kappa shape index (κ2) is 10.9. The van der Waals surface area contributed by atoms with Crippen molar-refractivity contribution in [2.24, 2.45) is 4.99 Å². The van der Waals surface area contributed by atoms with Gasteiger partial charge in [-0.05, 0) is 65.8 Å². The average Bonchev–Trinajstić information content (AvgIpc) is 3.56. The Balaban J connectivity index is 1.11. The standard InChI is InChI=1S/C26H22N4O4S2/c31-24-21(16-19-11-12-23(34-19)36-22-15-17-7-4-5-10-20(17)29-22)35-26(33)30(24)14-6-13-27-25(32)28-18-8-2-1-3-9-18/h1-5,7-12,16H,6,13-15H2,(H2,27,28,32)/b21-16-. The summed E-state index contributed by atoms with van der Waals surface area (Å²) in [4.78, 5) is 43.2. The average molecular weight is 519 g/mol. The molecule has 3 aromatic rings. The van der Waals surface area contributed by atoms with Crippen LogP contribution in [0.2, 0.25) is 0 Å². The molecule has 0 bridgehead atoms. The van der Waals surface area contributed by atoms with E-state index in [1.165, 1.54) is 22.2 Å². The number of aliphatic imine (C=N–C) groups is 1. The number of hydrogen-bond donors (Lipinski definition) is 2. The first-order chi connectivity index (χ1) is 17.5. The van der Waals surface area contributed by atoms with Gasteiger partial charge in [-0.15, -0.1) is 0 Å². The number of benzene rings is 2. The largest absolute Gasteiger partial charge is 0.450 e. The van der Waals surface area contributed by atoms with Crippen molar-refractivity contribution in [1.29, 1.82) is 0 Å². The fraction of sp³-hybridized carbons (Fsp3) is 0.154. The summed E-state index contributed by atoms with van der Waals surface area (Å²) < 4.78 is 5.85. The summed E-state index contributed by atoms with van der Waals surface area (Å²) in [6.07, 6.45) is 2.80. The predicted octanol–water partition coefficient (Wildman–Crippen LogP) is 5.91. The van der Waals surface area contributed by atoms with E-state index in [2.05, 4.69) is 21.7 Å². The fourth-order valence-corrected chi connectivity index (χ4v) is 5.43. The van der Waals surface area contributed by atoms with Gasteiger partial charge in [-0.2, -0.15) is 0 Å². The van der Waals surface area contributed by atoms with Crippen molar-refractivity contribution < 1.29 is 18.8 Å². The molecule has 8 nitrogen and oxygen atoms in total. The zero-order valence-electron chi connectivity index (χ0n) is 19.1. The summed E-state index contributed by atoms with van der Waals surface area (Å²) in [5.41, 5.74) is 2.85. The summed E-state index contributed by atoms with van der Waals surface area (Å²) >= 11 is 2.33. The van der Waals surface area contributed by atoms with E-state index in [1.54, 1.807) is 24.3 Å². The van der Waals surface area contributed by atoms with Gasteiger partial charge in [-0.25, -0.2) is 9.79 Å². The van der Waals surface area contributed by atoms with E-state index in [4.69, 9.17) is 4.42 Å². The summed E-state index contributed by atoms with van der Waals surface area (Å²) in [5, 5.41) is 6.73. The maximum absolute atomic E-state index is 12.8. The molecule has 182 valence electrons. The lowest BCUT2D eigenvalue weighted by Crippen LogP contribution is -2.34. The van der Waals surface area contributed by atoms with Crippen LogP contribution in [-0.2, 0) is 11.2 Å². The Bertz CT molecular complexity index is 1370. The van der Waals surface area contributed by atoms with E-state index in [1.807, 2.05) is 42.5 Å². The Morgan fingerprint density at radius 3 is 2.72 bits per heavy atom. The van der Waals surface area contributed by atoms with Gasteiger partial charge in [-0.1, -0.05) is 36.4 Å². The topological polar surface area (TPSA) is 104 Å². The van der Waals surface area contributed by atoms with Crippen LogP contribution >= 0.6 is 23.5 Å². The number of nitrogens with zero attached hydrogens (tertiary/aromatic N) is 2. The van der Waals surface area contributed by atoms with E-state index in [0.29, 0.717) is 34.4 Å². The maximum Gasteiger partial charge on any atom is 0.319 e. The third-order valence-corrected chi connectivity index (χ3v) is 7.22. The van der Waals surface area contributed by atoms with Gasteiger partial charge in [0.15, 0.2) is 5.09 Å². The van der Waals surface area contributed by atoms with Crippen molar-refractivity contribution >= 4 is 63.2 Å². The molecule has 2 aliphatic rings. The molecule has 3 heterocycles. The number of urea groups is 1. The van der Waals surface area contributed by atoms with Gasteiger partial charge in [-0.3, -0.25) is 14.5 Å². The smallest absolute Gasteiger partial charge is 0.319 e. The molecule has 1 aromatic heterocycles. The van der Waals surface area contributed by atoms with Crippen molar-refractivity contribution in [1.82, 2.24) is 10.2 Å². The lowest BCUT2D eigenvalue weighted by Gasteiger charge is -2.12. The molecule has 0 atom stereocenters. The minimum Gasteiger partial charge on any atom is -0.450 e. The van der Waals surface area contributed by atoms with Gasteiger partial charge < -0.3 is 15.1 Å². The van der Waals surface area contributed by atoms with Crippen molar-refractivity contribution in [3.05, 3.63) is 83.0 Å². The second-order valence-electron chi connectivity index (χ2n) is 8.00. The molecule has 2 aliphatic heterocycles. The predicted molar refractivity (Wildman–Crippen MR) is 143 cm³/mol. The van der Waals surface area contributed by atoms with Crippen LogP contribution in [0.15, 0.2) is 86.1 Å². The van der Waals surface area contributed by atoms with E-state index < -0.39 is 0 Å². The molecule has 5 rings (SSSR count). The normalized spacial score (nSPS) is 15.8. The number of para-hydroxylation sites is 2. The van der Waals surface area contributed by atoms with E-state index >= 15 is 0 Å². The molecule has 0 unspecified atom stereocenters. The highest BCUT2D eigenvalue weighted by molar-refractivity contribution is 8.18. The molecule has 4 amide bonds. The van der Waals surface area contributed by atoms with Crippen LogP contribution in [0.5, 0.6) is 0 Å². The number of carbonyl (C=O) groups is 3. The van der Waals surface area contributed by atoms with Gasteiger partial charge in [0.05, 0.1) is 15.6 Å². The van der Waals surface area contributed by atoms with Crippen LogP contribution < -0.4 is 10.6 Å². The zero-order chi connectivity index (χ0) is 24.9. The first-order valence-electron chi connectivity index (χ1n) is 11.3. The van der Waals surface area contributed by atoms with Crippen LogP contribution in [0.1, 0.15) is 17.7 Å². The first kappa shape index (κ1) is 24.0. The number of carbonyl (C=O) groups excluding carboxylic acids is 3. The number of imide groups is 1. The maximum atomic E-state index is 12.8. The number of nitrogens with one attached hydrogen (secondary N) is 2. The molecule has 2 N–H and O–H groups in total. The Morgan fingerprint density at radius 1 is 1.08 bits per heavy atom. The van der Waals surface area contributed by atoms with Crippen molar-refractivity contribution in [2.45, 2.75) is 17.9 Å². The fourth-order valence-electron chi connectivity index (χ4n) is 3.71. The molecular formula is C26H22N4O4S2. The number of fused-ring (bicyclic) bond motifs is 1. The molecule has 1 saturated heterocycles. The molecule has 0 radical (unpaired) electrons. The lowest BCUT2D eigenvalue weighted by molar-refractivity contribution is -0.122. The van der Waals surface area contributed by atoms with Crippen LogP contribution in [0.4, 0.5) is 21.0 Å². The number of furan rings is 1. The van der Waals surface area contributed by atoms with Gasteiger partial charge in [0.25, 0.3) is 11.1 Å². The number of amides is 4. The van der Waals surface area contributed by atoms with E-state index in [9.17, 15) is 14.4 Å². The summed E-state index contributed by atoms with van der Waals surface area (Å²) in [7, 11) is 0. The van der Waals surface area contributed by atoms with Crippen molar-refractivity contribution in [3.63, 3.8) is 0 Å². The van der Waals surface area contributed by atoms with E-state index in [-0.39, 0.29) is 23.7 Å². The minimum absolute atomic E-state index is 0.216. The summed E-state index contributed by atoms with van der Waals surface area (Å²) in [5.74, 6) is 0.137. The number of thioether (sulfide) groups is 2. The van der Waals surface area contributed by atoms with E-state index in [0.717, 1.165) is 28.9 Å². The molecular weight excluding hydrogens is 496 g/mol. The highest BCUT2D eigenvalue weighted by Crippen LogP contribution is 2.36. The summed E-state index contributed by atoms with van der Waals surface area (Å²) in [6, 6.07) is 20.4. The van der Waals surface area contributed by atoms with Gasteiger partial charge in [0, 0.05) is 31.3 Å². The van der Waals surface area contributed by atoms with Crippen molar-refractivity contribution in [3.8, 4) is 0 Å². The first-order valence-corrected chi connectivity index (χ1v) is 13.0. The van der Waals surface area contributed by atoms with Crippen LogP contribution in [0.3, 0.4) is 0 Å². The van der Waals surface area contributed by atoms with Crippen molar-refractivity contribution in [2.75, 3.05) is 18.4 Å².